The van der Waals surface area contributed by atoms with Crippen molar-refractivity contribution in [2.45, 2.75) is 11.6 Å². The number of hydrogen-bond acceptors (Lipinski definition) is 8. The number of nitrogens with one attached hydrogen (secondary N) is 2. The molecule has 0 saturated carbocycles. The fraction of sp³-hybridized carbons (Fsp3) is 0.0909. The van der Waals surface area contributed by atoms with Gasteiger partial charge in [-0.2, -0.15) is 12.8 Å². The lowest BCUT2D eigenvalue weighted by molar-refractivity contribution is 0.371. The number of methoxy groups -OCH3 is 1. The molecular formula is C22H17F3N4O4S2. The van der Waals surface area contributed by atoms with Crippen molar-refractivity contribution in [1.29, 1.82) is 0 Å². The monoisotopic (exact) mass is 522 g/mol. The number of benzene rings is 2. The van der Waals surface area contributed by atoms with Gasteiger partial charge in [-0.3, -0.25) is 4.72 Å². The third-order valence-electron chi connectivity index (χ3n) is 4.80. The topological polar surface area (TPSA) is 113 Å². The molecule has 2 heterocycles. The van der Waals surface area contributed by atoms with Gasteiger partial charge in [-0.05, 0) is 36.4 Å². The standard InChI is InChI=1S/C22H17F3N4O4S2/c1-33-17-4-2-3-13(20(17)30)10-26-14-6-8-18(27-11-14)35(31,32)29-22-28-19(21(25)34-22)12-5-7-15(23)16(24)9-12/h2-9,11,26,30H,10H2,1H3,(H,28,29). The third kappa shape index (κ3) is 5.30. The Morgan fingerprint density at radius 1 is 1.09 bits per heavy atom. The summed E-state index contributed by atoms with van der Waals surface area (Å²) in [4.78, 5) is 7.77. The van der Waals surface area contributed by atoms with Gasteiger partial charge in [0.15, 0.2) is 33.3 Å². The smallest absolute Gasteiger partial charge is 0.281 e. The lowest BCUT2D eigenvalue weighted by Crippen LogP contribution is -2.14. The molecule has 0 aliphatic rings. The first-order chi connectivity index (χ1) is 16.7. The Balaban J connectivity index is 1.46. The number of thiazole rings is 1. The lowest BCUT2D eigenvalue weighted by atomic mass is 10.1. The number of sulfonamides is 1. The Morgan fingerprint density at radius 2 is 1.89 bits per heavy atom. The number of rotatable bonds is 8. The van der Waals surface area contributed by atoms with Crippen LogP contribution in [0.1, 0.15) is 5.56 Å². The number of para-hydroxylation sites is 1. The number of anilines is 2. The van der Waals surface area contributed by atoms with Gasteiger partial charge >= 0.3 is 0 Å². The second kappa shape index (κ2) is 9.80. The van der Waals surface area contributed by atoms with Crippen molar-refractivity contribution < 1.29 is 31.4 Å². The van der Waals surface area contributed by atoms with E-state index in [1.807, 2.05) is 0 Å². The summed E-state index contributed by atoms with van der Waals surface area (Å²) in [5.41, 5.74) is 0.677. The number of phenols is 1. The molecule has 0 fully saturated rings. The molecule has 0 unspecified atom stereocenters. The van der Waals surface area contributed by atoms with Gasteiger partial charge < -0.3 is 15.2 Å². The van der Waals surface area contributed by atoms with Crippen molar-refractivity contribution in [3.63, 3.8) is 0 Å². The normalized spacial score (nSPS) is 11.3. The van der Waals surface area contributed by atoms with Crippen molar-refractivity contribution in [2.75, 3.05) is 17.1 Å². The van der Waals surface area contributed by atoms with Gasteiger partial charge in [0, 0.05) is 17.7 Å². The van der Waals surface area contributed by atoms with Crippen LogP contribution in [-0.2, 0) is 16.6 Å². The molecule has 13 heteroatoms. The van der Waals surface area contributed by atoms with Crippen molar-refractivity contribution in [1.82, 2.24) is 9.97 Å². The number of pyridine rings is 1. The molecule has 0 aliphatic heterocycles. The molecule has 8 nitrogen and oxygen atoms in total. The predicted octanol–water partition coefficient (Wildman–Crippen LogP) is 4.75. The van der Waals surface area contributed by atoms with E-state index in [2.05, 4.69) is 20.0 Å². The molecule has 2 aromatic heterocycles. The minimum absolute atomic E-state index is 0.0164. The molecule has 0 aliphatic carbocycles. The maximum absolute atomic E-state index is 14.3. The number of hydrogen-bond donors (Lipinski definition) is 3. The van der Waals surface area contributed by atoms with Crippen LogP contribution in [0.5, 0.6) is 11.5 Å². The van der Waals surface area contributed by atoms with Crippen molar-refractivity contribution in [3.05, 3.63) is 77.1 Å². The molecule has 0 amide bonds. The van der Waals surface area contributed by atoms with Gasteiger partial charge in [-0.15, -0.1) is 0 Å². The second-order valence-electron chi connectivity index (χ2n) is 7.08. The van der Waals surface area contributed by atoms with Crippen LogP contribution in [0.25, 0.3) is 11.3 Å². The van der Waals surface area contributed by atoms with E-state index in [4.69, 9.17) is 4.74 Å². The molecule has 0 atom stereocenters. The van der Waals surface area contributed by atoms with Crippen molar-refractivity contribution in [2.24, 2.45) is 0 Å². The summed E-state index contributed by atoms with van der Waals surface area (Å²) in [6, 6.07) is 10.4. The zero-order chi connectivity index (χ0) is 25.2. The van der Waals surface area contributed by atoms with Gasteiger partial charge in [-0.25, -0.2) is 18.7 Å². The molecular weight excluding hydrogens is 505 g/mol. The number of nitrogens with zero attached hydrogens (tertiary/aromatic N) is 2. The number of aromatic nitrogens is 2. The fourth-order valence-electron chi connectivity index (χ4n) is 3.05. The summed E-state index contributed by atoms with van der Waals surface area (Å²) in [5, 5.41) is 11.6. The van der Waals surface area contributed by atoms with Crippen LogP contribution in [0.2, 0.25) is 0 Å². The molecule has 2 aromatic carbocycles. The third-order valence-corrected chi connectivity index (χ3v) is 6.94. The molecule has 0 radical (unpaired) electrons. The number of aromatic hydroxyl groups is 1. The van der Waals surface area contributed by atoms with E-state index in [9.17, 15) is 26.7 Å². The van der Waals surface area contributed by atoms with Crippen LogP contribution in [0.3, 0.4) is 0 Å². The summed E-state index contributed by atoms with van der Waals surface area (Å²) in [7, 11) is -2.77. The van der Waals surface area contributed by atoms with E-state index >= 15 is 0 Å². The minimum atomic E-state index is -4.21. The van der Waals surface area contributed by atoms with Crippen LogP contribution in [0.4, 0.5) is 24.0 Å². The molecule has 4 aromatic rings. The van der Waals surface area contributed by atoms with Crippen LogP contribution >= 0.6 is 11.3 Å². The Labute approximate surface area is 202 Å². The largest absolute Gasteiger partial charge is 0.504 e. The van der Waals surface area contributed by atoms with Gasteiger partial charge in [0.2, 0.25) is 5.13 Å². The SMILES string of the molecule is COc1cccc(CNc2ccc(S(=O)(=O)Nc3nc(-c4ccc(F)c(F)c4)c(F)s3)nc2)c1O. The van der Waals surface area contributed by atoms with E-state index in [1.54, 1.807) is 18.2 Å². The molecule has 35 heavy (non-hydrogen) atoms. The first-order valence-corrected chi connectivity index (χ1v) is 12.2. The van der Waals surface area contributed by atoms with E-state index in [-0.39, 0.29) is 33.7 Å². The molecule has 0 bridgehead atoms. The maximum atomic E-state index is 14.3. The molecule has 0 spiro atoms. The zero-order valence-corrected chi connectivity index (χ0v) is 19.6. The second-order valence-corrected chi connectivity index (χ2v) is 9.66. The Kier molecular flexibility index (Phi) is 6.80. The van der Waals surface area contributed by atoms with E-state index in [0.29, 0.717) is 28.3 Å². The Morgan fingerprint density at radius 3 is 2.57 bits per heavy atom. The summed E-state index contributed by atoms with van der Waals surface area (Å²) >= 11 is 0.396. The highest BCUT2D eigenvalue weighted by Gasteiger charge is 2.21. The average molecular weight is 523 g/mol. The molecule has 0 saturated heterocycles. The van der Waals surface area contributed by atoms with E-state index in [1.165, 1.54) is 25.4 Å². The van der Waals surface area contributed by atoms with E-state index < -0.39 is 26.8 Å². The van der Waals surface area contributed by atoms with Gasteiger partial charge in [0.05, 0.1) is 19.0 Å². The summed E-state index contributed by atoms with van der Waals surface area (Å²) in [6.45, 7) is 0.222. The zero-order valence-electron chi connectivity index (χ0n) is 17.9. The molecule has 182 valence electrons. The predicted molar refractivity (Wildman–Crippen MR) is 124 cm³/mol. The summed E-state index contributed by atoms with van der Waals surface area (Å²) in [5.74, 6) is -1.98. The molecule has 4 rings (SSSR count). The summed E-state index contributed by atoms with van der Waals surface area (Å²) in [6.07, 6.45) is 1.28. The fourth-order valence-corrected chi connectivity index (χ4v) is 4.93. The van der Waals surface area contributed by atoms with E-state index in [0.717, 1.165) is 18.2 Å². The van der Waals surface area contributed by atoms with Gasteiger partial charge in [-0.1, -0.05) is 23.5 Å². The quantitative estimate of drug-likeness (QED) is 0.306. The van der Waals surface area contributed by atoms with Gasteiger partial charge in [0.25, 0.3) is 10.0 Å². The number of halogens is 3. The Bertz CT molecular complexity index is 1480. The minimum Gasteiger partial charge on any atom is -0.504 e. The maximum Gasteiger partial charge on any atom is 0.281 e. The number of phenolic OH excluding ortho intramolecular Hbond substituents is 1. The van der Waals surface area contributed by atoms with Crippen LogP contribution in [0, 0.1) is 16.8 Å². The highest BCUT2D eigenvalue weighted by atomic mass is 32.2. The van der Waals surface area contributed by atoms with Crippen molar-refractivity contribution in [3.8, 4) is 22.8 Å². The lowest BCUT2D eigenvalue weighted by Gasteiger charge is -2.11. The van der Waals surface area contributed by atoms with Crippen LogP contribution < -0.4 is 14.8 Å². The first-order valence-electron chi connectivity index (χ1n) is 9.87. The summed E-state index contributed by atoms with van der Waals surface area (Å²) < 4.78 is 73.4. The van der Waals surface area contributed by atoms with Gasteiger partial charge in [0.1, 0.15) is 5.69 Å². The highest BCUT2D eigenvalue weighted by molar-refractivity contribution is 7.92. The van der Waals surface area contributed by atoms with Crippen LogP contribution in [-0.4, -0.2) is 30.6 Å². The Hall–Kier alpha value is -3.84. The first kappa shape index (κ1) is 24.3. The van der Waals surface area contributed by atoms with Crippen molar-refractivity contribution >= 4 is 32.2 Å². The highest BCUT2D eigenvalue weighted by Crippen LogP contribution is 2.32. The average Bonchev–Trinajstić information content (AvgIpc) is 3.19. The molecule has 3 N–H and O–H groups in total. The van der Waals surface area contributed by atoms with Crippen LogP contribution in [0.15, 0.2) is 59.8 Å². The number of ether oxygens (including phenoxy) is 1.